The predicted octanol–water partition coefficient (Wildman–Crippen LogP) is 1.37. The molecule has 7 nitrogen and oxygen atoms in total. The molecule has 0 amide bonds. The van der Waals surface area contributed by atoms with E-state index in [9.17, 15) is 18.5 Å². The van der Waals surface area contributed by atoms with Crippen LogP contribution in [0.1, 0.15) is 12.8 Å². The zero-order valence-electron chi connectivity index (χ0n) is 9.94. The number of hydrogen-bond acceptors (Lipinski definition) is 5. The average Bonchev–Trinajstić information content (AvgIpc) is 2.80. The maximum absolute atomic E-state index is 11.4. The van der Waals surface area contributed by atoms with Gasteiger partial charge in [-0.25, -0.2) is 13.6 Å². The molecule has 1 aromatic rings. The second kappa shape index (κ2) is 4.98. The Hall–Kier alpha value is -1.93. The molecule has 0 saturated carbocycles. The monoisotopic (exact) mass is 283 g/mol. The Labute approximate surface area is 110 Å². The average molecular weight is 283 g/mol. The number of primary sulfonamides is 1. The lowest BCUT2D eigenvalue weighted by atomic mass is 10.2. The molecule has 102 valence electrons. The van der Waals surface area contributed by atoms with Gasteiger partial charge in [0.2, 0.25) is 10.0 Å². The summed E-state index contributed by atoms with van der Waals surface area (Å²) in [5.74, 6) is 0. The summed E-state index contributed by atoms with van der Waals surface area (Å²) in [7, 11) is -4.13. The van der Waals surface area contributed by atoms with E-state index >= 15 is 0 Å². The van der Waals surface area contributed by atoms with Gasteiger partial charge in [0.1, 0.15) is 5.69 Å². The lowest BCUT2D eigenvalue weighted by Crippen LogP contribution is -2.19. The van der Waals surface area contributed by atoms with Crippen LogP contribution in [-0.2, 0) is 10.0 Å². The van der Waals surface area contributed by atoms with Gasteiger partial charge >= 0.3 is 5.69 Å². The molecule has 0 aliphatic heterocycles. The summed E-state index contributed by atoms with van der Waals surface area (Å²) >= 11 is 0. The normalized spacial score (nSPS) is 15.6. The maximum atomic E-state index is 11.4. The zero-order chi connectivity index (χ0) is 14.0. The highest BCUT2D eigenvalue weighted by molar-refractivity contribution is 7.89. The van der Waals surface area contributed by atoms with Crippen molar-refractivity contribution in [1.29, 1.82) is 0 Å². The van der Waals surface area contributed by atoms with Gasteiger partial charge in [0.15, 0.2) is 4.90 Å². The molecular formula is C11H13N3O4S. The first-order chi connectivity index (χ1) is 8.89. The van der Waals surface area contributed by atoms with Crippen LogP contribution in [0.4, 0.5) is 11.4 Å². The Balaban J connectivity index is 2.45. The van der Waals surface area contributed by atoms with E-state index in [1.807, 2.05) is 12.2 Å². The predicted molar refractivity (Wildman–Crippen MR) is 70.3 cm³/mol. The van der Waals surface area contributed by atoms with E-state index in [4.69, 9.17) is 5.14 Å². The Kier molecular flexibility index (Phi) is 3.54. The maximum Gasteiger partial charge on any atom is 0.312 e. The first kappa shape index (κ1) is 13.5. The van der Waals surface area contributed by atoms with Crippen molar-refractivity contribution < 1.29 is 13.3 Å². The molecule has 1 aliphatic carbocycles. The second-order valence-corrected chi connectivity index (χ2v) is 5.77. The van der Waals surface area contributed by atoms with Gasteiger partial charge in [0, 0.05) is 6.04 Å². The van der Waals surface area contributed by atoms with Crippen molar-refractivity contribution in [1.82, 2.24) is 0 Å². The Morgan fingerprint density at radius 2 is 1.95 bits per heavy atom. The topological polar surface area (TPSA) is 115 Å². The number of nitrogens with zero attached hydrogens (tertiary/aromatic N) is 1. The fraction of sp³-hybridized carbons (Fsp3) is 0.273. The molecule has 0 fully saturated rings. The molecule has 1 aromatic carbocycles. The van der Waals surface area contributed by atoms with Crippen molar-refractivity contribution in [3.8, 4) is 0 Å². The van der Waals surface area contributed by atoms with Crippen LogP contribution < -0.4 is 10.5 Å². The van der Waals surface area contributed by atoms with Crippen LogP contribution in [0.25, 0.3) is 0 Å². The summed E-state index contributed by atoms with van der Waals surface area (Å²) in [5, 5.41) is 19.1. The second-order valence-electron chi connectivity index (χ2n) is 4.24. The fourth-order valence-electron chi connectivity index (χ4n) is 2.01. The van der Waals surface area contributed by atoms with Crippen molar-refractivity contribution in [2.24, 2.45) is 5.14 Å². The quantitative estimate of drug-likeness (QED) is 0.492. The van der Waals surface area contributed by atoms with Crippen LogP contribution in [0.15, 0.2) is 35.2 Å². The summed E-state index contributed by atoms with van der Waals surface area (Å²) in [4.78, 5) is 9.88. The molecular weight excluding hydrogens is 270 g/mol. The number of hydrogen-bond donors (Lipinski definition) is 2. The SMILES string of the molecule is NS(=O)(=O)c1cccc(NC2CC=CC2)c1[N+](=O)[O-]. The summed E-state index contributed by atoms with van der Waals surface area (Å²) in [6.07, 6.45) is 5.42. The number of nitro groups is 1. The number of nitro benzene ring substituents is 1. The molecule has 0 aromatic heterocycles. The van der Waals surface area contributed by atoms with Gasteiger partial charge in [-0.3, -0.25) is 10.1 Å². The van der Waals surface area contributed by atoms with E-state index in [0.717, 1.165) is 18.9 Å². The van der Waals surface area contributed by atoms with E-state index in [0.29, 0.717) is 0 Å². The molecule has 0 unspecified atom stereocenters. The van der Waals surface area contributed by atoms with Crippen LogP contribution in [0.3, 0.4) is 0 Å². The number of benzene rings is 1. The van der Waals surface area contributed by atoms with Gasteiger partial charge in [-0.1, -0.05) is 18.2 Å². The van der Waals surface area contributed by atoms with Crippen LogP contribution in [0, 0.1) is 10.1 Å². The number of nitrogens with two attached hydrogens (primary N) is 1. The Morgan fingerprint density at radius 1 is 1.32 bits per heavy atom. The van der Waals surface area contributed by atoms with Gasteiger partial charge in [0.05, 0.1) is 4.92 Å². The molecule has 8 heteroatoms. The first-order valence-corrected chi connectivity index (χ1v) is 7.16. The summed E-state index contributed by atoms with van der Waals surface area (Å²) in [5.41, 5.74) is -0.331. The highest BCUT2D eigenvalue weighted by Gasteiger charge is 2.27. The lowest BCUT2D eigenvalue weighted by Gasteiger charge is -2.14. The highest BCUT2D eigenvalue weighted by atomic mass is 32.2. The summed E-state index contributed by atoms with van der Waals surface area (Å²) in [6, 6.07) is 4.07. The first-order valence-electron chi connectivity index (χ1n) is 5.61. The molecule has 1 aliphatic rings. The number of nitrogens with one attached hydrogen (secondary N) is 1. The van der Waals surface area contributed by atoms with E-state index < -0.39 is 25.5 Å². The molecule has 0 atom stereocenters. The molecule has 19 heavy (non-hydrogen) atoms. The molecule has 2 rings (SSSR count). The van der Waals surface area contributed by atoms with Crippen molar-refractivity contribution in [2.45, 2.75) is 23.8 Å². The molecule has 0 heterocycles. The summed E-state index contributed by atoms with van der Waals surface area (Å²) < 4.78 is 22.8. The van der Waals surface area contributed by atoms with Crippen molar-refractivity contribution in [2.75, 3.05) is 5.32 Å². The van der Waals surface area contributed by atoms with Crippen molar-refractivity contribution >= 4 is 21.4 Å². The number of sulfonamides is 1. The molecule has 0 saturated heterocycles. The number of rotatable bonds is 4. The molecule has 0 radical (unpaired) electrons. The minimum Gasteiger partial charge on any atom is -0.376 e. The van der Waals surface area contributed by atoms with E-state index in [-0.39, 0.29) is 11.7 Å². The summed E-state index contributed by atoms with van der Waals surface area (Å²) in [6.45, 7) is 0. The van der Waals surface area contributed by atoms with Gasteiger partial charge in [0.25, 0.3) is 0 Å². The third kappa shape index (κ3) is 2.91. The third-order valence-electron chi connectivity index (χ3n) is 2.86. The van der Waals surface area contributed by atoms with Crippen LogP contribution >= 0.6 is 0 Å². The van der Waals surface area contributed by atoms with Gasteiger partial charge in [-0.15, -0.1) is 0 Å². The highest BCUT2D eigenvalue weighted by Crippen LogP contribution is 2.32. The van der Waals surface area contributed by atoms with E-state index in [1.165, 1.54) is 12.1 Å². The number of para-hydroxylation sites is 1. The standard InChI is InChI=1S/C11H13N3O4S/c12-19(17,18)10-7-3-6-9(11(10)14(15)16)13-8-4-1-2-5-8/h1-3,6-8,13H,4-5H2,(H2,12,17,18). The van der Waals surface area contributed by atoms with E-state index in [1.54, 1.807) is 0 Å². The van der Waals surface area contributed by atoms with Gasteiger partial charge < -0.3 is 5.32 Å². The Morgan fingerprint density at radius 3 is 2.47 bits per heavy atom. The van der Waals surface area contributed by atoms with Crippen LogP contribution in [-0.4, -0.2) is 19.4 Å². The van der Waals surface area contributed by atoms with Crippen LogP contribution in [0.2, 0.25) is 0 Å². The van der Waals surface area contributed by atoms with Crippen molar-refractivity contribution in [3.63, 3.8) is 0 Å². The lowest BCUT2D eigenvalue weighted by molar-refractivity contribution is -0.386. The van der Waals surface area contributed by atoms with Crippen molar-refractivity contribution in [3.05, 3.63) is 40.5 Å². The van der Waals surface area contributed by atoms with Gasteiger partial charge in [-0.2, -0.15) is 0 Å². The van der Waals surface area contributed by atoms with E-state index in [2.05, 4.69) is 5.32 Å². The zero-order valence-corrected chi connectivity index (χ0v) is 10.8. The smallest absolute Gasteiger partial charge is 0.312 e. The molecule has 0 bridgehead atoms. The minimum atomic E-state index is -4.13. The number of anilines is 1. The van der Waals surface area contributed by atoms with Crippen LogP contribution in [0.5, 0.6) is 0 Å². The Bertz CT molecular complexity index is 631. The molecule has 3 N–H and O–H groups in total. The largest absolute Gasteiger partial charge is 0.376 e. The third-order valence-corrected chi connectivity index (χ3v) is 3.80. The van der Waals surface area contributed by atoms with Gasteiger partial charge in [-0.05, 0) is 25.0 Å². The fourth-order valence-corrected chi connectivity index (χ4v) is 2.73. The minimum absolute atomic E-state index is 0.0365. The molecule has 0 spiro atoms.